The van der Waals surface area contributed by atoms with Crippen molar-refractivity contribution < 1.29 is 0 Å². The van der Waals surface area contributed by atoms with Gasteiger partial charge in [0.1, 0.15) is 0 Å². The van der Waals surface area contributed by atoms with Crippen LogP contribution in [0.25, 0.3) is 0 Å². The average molecular weight is 228 g/mol. The van der Waals surface area contributed by atoms with Gasteiger partial charge in [-0.2, -0.15) is 4.99 Å². The van der Waals surface area contributed by atoms with E-state index in [-0.39, 0.29) is 11.9 Å². The van der Waals surface area contributed by atoms with Crippen LogP contribution in [0.2, 0.25) is 0 Å². The van der Waals surface area contributed by atoms with Crippen molar-refractivity contribution in [3.63, 3.8) is 0 Å². The van der Waals surface area contributed by atoms with Gasteiger partial charge in [-0.05, 0) is 6.42 Å². The van der Waals surface area contributed by atoms with Gasteiger partial charge in [0.15, 0.2) is 0 Å². The lowest BCUT2D eigenvalue weighted by Gasteiger charge is -2.16. The van der Waals surface area contributed by atoms with E-state index in [1.165, 1.54) is 30.7 Å². The molecule has 0 atom stereocenters. The Labute approximate surface area is 97.4 Å². The summed E-state index contributed by atoms with van der Waals surface area (Å²) in [5, 5.41) is 8.27. The van der Waals surface area contributed by atoms with Crippen molar-refractivity contribution in [2.24, 2.45) is 22.3 Å². The van der Waals surface area contributed by atoms with Gasteiger partial charge in [0, 0.05) is 6.54 Å². The first-order valence-corrected chi connectivity index (χ1v) is 5.78. The number of rotatable bonds is 7. The van der Waals surface area contributed by atoms with Crippen molar-refractivity contribution in [1.82, 2.24) is 5.01 Å². The molecule has 0 unspecified atom stereocenters. The van der Waals surface area contributed by atoms with Crippen LogP contribution in [-0.4, -0.2) is 23.5 Å². The van der Waals surface area contributed by atoms with Crippen molar-refractivity contribution in [3.05, 3.63) is 0 Å². The minimum Gasteiger partial charge on any atom is -0.368 e. The Balaban J connectivity index is 3.57. The van der Waals surface area contributed by atoms with E-state index in [4.69, 9.17) is 22.7 Å². The summed E-state index contributed by atoms with van der Waals surface area (Å²) < 4.78 is 0. The van der Waals surface area contributed by atoms with Crippen LogP contribution < -0.4 is 17.3 Å². The fourth-order valence-corrected chi connectivity index (χ4v) is 1.36. The lowest BCUT2D eigenvalue weighted by molar-refractivity contribution is 0.412. The monoisotopic (exact) mass is 228 g/mol. The third-order valence-electron chi connectivity index (χ3n) is 2.28. The summed E-state index contributed by atoms with van der Waals surface area (Å²) >= 11 is 0. The highest BCUT2D eigenvalue weighted by Crippen LogP contribution is 2.04. The third-order valence-corrected chi connectivity index (χ3v) is 2.28. The van der Waals surface area contributed by atoms with Crippen molar-refractivity contribution in [2.75, 3.05) is 6.54 Å². The molecule has 0 saturated heterocycles. The number of guanidine groups is 2. The second-order valence-corrected chi connectivity index (χ2v) is 3.82. The van der Waals surface area contributed by atoms with Gasteiger partial charge < -0.3 is 11.5 Å². The molecule has 7 N–H and O–H groups in total. The molecule has 0 heterocycles. The SMILES string of the molecule is CCCCCCCCN(N)C(N)=NC(=N)N. The Bertz CT molecular complexity index is 225. The predicted octanol–water partition coefficient (Wildman–Crippen LogP) is 0.731. The van der Waals surface area contributed by atoms with E-state index in [2.05, 4.69) is 11.9 Å². The van der Waals surface area contributed by atoms with E-state index in [1.807, 2.05) is 0 Å². The van der Waals surface area contributed by atoms with Gasteiger partial charge in [0.2, 0.25) is 11.9 Å². The smallest absolute Gasteiger partial charge is 0.215 e. The summed E-state index contributed by atoms with van der Waals surface area (Å²) in [5.41, 5.74) is 10.6. The minimum atomic E-state index is -0.323. The maximum atomic E-state index is 6.94. The van der Waals surface area contributed by atoms with E-state index in [0.29, 0.717) is 6.54 Å². The molecule has 0 saturated carbocycles. The Morgan fingerprint density at radius 1 is 1.12 bits per heavy atom. The van der Waals surface area contributed by atoms with Crippen molar-refractivity contribution in [3.8, 4) is 0 Å². The molecule has 6 heteroatoms. The lowest BCUT2D eigenvalue weighted by atomic mass is 10.1. The summed E-state index contributed by atoms with van der Waals surface area (Å²) in [4.78, 5) is 3.56. The molecule has 0 aliphatic heterocycles. The molecule has 0 aromatic heterocycles. The second kappa shape index (κ2) is 8.96. The fraction of sp³-hybridized carbons (Fsp3) is 0.800. The first kappa shape index (κ1) is 14.7. The molecular formula is C10H24N6. The Kier molecular flexibility index (Phi) is 8.24. The minimum absolute atomic E-state index is 0.0982. The molecule has 0 bridgehead atoms. The fourth-order valence-electron chi connectivity index (χ4n) is 1.36. The van der Waals surface area contributed by atoms with E-state index in [9.17, 15) is 0 Å². The van der Waals surface area contributed by atoms with E-state index in [0.717, 1.165) is 12.8 Å². The summed E-state index contributed by atoms with van der Waals surface area (Å²) in [6.07, 6.45) is 7.17. The van der Waals surface area contributed by atoms with Gasteiger partial charge in [0.05, 0.1) is 0 Å². The van der Waals surface area contributed by atoms with Gasteiger partial charge in [0.25, 0.3) is 0 Å². The number of hydrogen-bond donors (Lipinski definition) is 4. The van der Waals surface area contributed by atoms with Crippen LogP contribution in [0.4, 0.5) is 0 Å². The van der Waals surface area contributed by atoms with Crippen LogP contribution in [0.5, 0.6) is 0 Å². The predicted molar refractivity (Wildman–Crippen MR) is 67.8 cm³/mol. The first-order chi connectivity index (χ1) is 7.57. The molecule has 0 spiro atoms. The van der Waals surface area contributed by atoms with E-state index >= 15 is 0 Å². The van der Waals surface area contributed by atoms with Gasteiger partial charge in [-0.1, -0.05) is 39.0 Å². The zero-order valence-electron chi connectivity index (χ0n) is 10.1. The molecule has 0 fully saturated rings. The molecule has 0 aromatic rings. The Morgan fingerprint density at radius 2 is 1.69 bits per heavy atom. The van der Waals surface area contributed by atoms with Gasteiger partial charge in [-0.25, -0.2) is 5.84 Å². The summed E-state index contributed by atoms with van der Waals surface area (Å²) in [7, 11) is 0. The number of aliphatic imine (C=N–C) groups is 1. The number of hydrazine groups is 1. The maximum absolute atomic E-state index is 6.94. The van der Waals surface area contributed by atoms with Crippen LogP contribution in [0.1, 0.15) is 45.4 Å². The number of nitrogens with zero attached hydrogens (tertiary/aromatic N) is 2. The number of hydrogen-bond acceptors (Lipinski definition) is 2. The first-order valence-electron chi connectivity index (χ1n) is 5.78. The molecule has 6 nitrogen and oxygen atoms in total. The van der Waals surface area contributed by atoms with Gasteiger partial charge >= 0.3 is 0 Å². The Morgan fingerprint density at radius 3 is 2.25 bits per heavy atom. The molecule has 0 amide bonds. The number of unbranched alkanes of at least 4 members (excludes halogenated alkanes) is 5. The third kappa shape index (κ3) is 8.05. The lowest BCUT2D eigenvalue weighted by Crippen LogP contribution is -2.44. The molecule has 16 heavy (non-hydrogen) atoms. The summed E-state index contributed by atoms with van der Waals surface area (Å²) in [6, 6.07) is 0. The zero-order valence-corrected chi connectivity index (χ0v) is 10.1. The molecular weight excluding hydrogens is 204 g/mol. The zero-order chi connectivity index (χ0) is 12.4. The average Bonchev–Trinajstić information content (AvgIpc) is 2.21. The molecule has 0 aliphatic carbocycles. The maximum Gasteiger partial charge on any atom is 0.215 e. The number of nitrogens with one attached hydrogen (secondary N) is 1. The molecule has 0 aromatic carbocycles. The molecule has 0 radical (unpaired) electrons. The quantitative estimate of drug-likeness (QED) is 0.169. The van der Waals surface area contributed by atoms with Gasteiger partial charge in [-0.3, -0.25) is 10.4 Å². The van der Waals surface area contributed by atoms with Gasteiger partial charge in [-0.15, -0.1) is 0 Å². The standard InChI is InChI=1S/C10H24N6/c1-2-3-4-5-6-7-8-16(14)10(13)15-9(11)12/h2-8,14H2,1H3,(H5,11,12,13,15). The Hall–Kier alpha value is -1.30. The van der Waals surface area contributed by atoms with Crippen LogP contribution in [0.15, 0.2) is 4.99 Å². The topological polar surface area (TPSA) is 118 Å². The molecule has 0 rings (SSSR count). The van der Waals surface area contributed by atoms with Crippen molar-refractivity contribution >= 4 is 11.9 Å². The normalized spacial score (nSPS) is 11.5. The number of nitrogens with two attached hydrogens (primary N) is 3. The molecule has 0 aliphatic rings. The van der Waals surface area contributed by atoms with Crippen LogP contribution in [0.3, 0.4) is 0 Å². The largest absolute Gasteiger partial charge is 0.368 e. The second-order valence-electron chi connectivity index (χ2n) is 3.82. The molecule has 94 valence electrons. The van der Waals surface area contributed by atoms with Crippen LogP contribution in [-0.2, 0) is 0 Å². The van der Waals surface area contributed by atoms with Crippen LogP contribution >= 0.6 is 0 Å². The highest BCUT2D eigenvalue weighted by molar-refractivity contribution is 5.91. The van der Waals surface area contributed by atoms with E-state index < -0.39 is 0 Å². The van der Waals surface area contributed by atoms with Crippen molar-refractivity contribution in [1.29, 1.82) is 5.41 Å². The van der Waals surface area contributed by atoms with Crippen molar-refractivity contribution in [2.45, 2.75) is 45.4 Å². The van der Waals surface area contributed by atoms with Crippen LogP contribution in [0, 0.1) is 5.41 Å². The summed E-state index contributed by atoms with van der Waals surface area (Å²) in [5.74, 6) is 5.41. The summed E-state index contributed by atoms with van der Waals surface area (Å²) in [6.45, 7) is 2.84. The van der Waals surface area contributed by atoms with E-state index in [1.54, 1.807) is 0 Å². The highest BCUT2D eigenvalue weighted by Gasteiger charge is 2.02. The highest BCUT2D eigenvalue weighted by atomic mass is 15.5.